The highest BCUT2D eigenvalue weighted by Gasteiger charge is 2.19. The standard InChI is InChI=1S/C19H23N5O2/c1-13-12-17(22-19(20-13)24-10-8-23(3)9-11-24)18(26)21-16-6-4-15(5-7-16)14(2)25/h4-7,12H,8-11H2,1-3H3,(H,21,26). The zero-order valence-electron chi connectivity index (χ0n) is 15.3. The topological polar surface area (TPSA) is 78.4 Å². The fraction of sp³-hybridized carbons (Fsp3) is 0.368. The molecule has 0 spiro atoms. The number of anilines is 2. The number of nitrogens with one attached hydrogen (secondary N) is 1. The number of carbonyl (C=O) groups excluding carboxylic acids is 2. The van der Waals surface area contributed by atoms with Crippen LogP contribution < -0.4 is 10.2 Å². The Balaban J connectivity index is 1.75. The Bertz CT molecular complexity index is 811. The monoisotopic (exact) mass is 353 g/mol. The van der Waals surface area contributed by atoms with E-state index in [1.54, 1.807) is 30.3 Å². The molecule has 2 aromatic rings. The molecule has 136 valence electrons. The first-order valence-electron chi connectivity index (χ1n) is 8.64. The highest BCUT2D eigenvalue weighted by Crippen LogP contribution is 2.15. The maximum atomic E-state index is 12.6. The maximum Gasteiger partial charge on any atom is 0.274 e. The summed E-state index contributed by atoms with van der Waals surface area (Å²) < 4.78 is 0. The number of aromatic nitrogens is 2. The third-order valence-electron chi connectivity index (χ3n) is 4.41. The number of carbonyl (C=O) groups is 2. The van der Waals surface area contributed by atoms with Gasteiger partial charge in [-0.15, -0.1) is 0 Å². The number of hydrogen-bond donors (Lipinski definition) is 1. The fourth-order valence-corrected chi connectivity index (χ4v) is 2.80. The van der Waals surface area contributed by atoms with Gasteiger partial charge < -0.3 is 15.1 Å². The summed E-state index contributed by atoms with van der Waals surface area (Å²) in [6, 6.07) is 8.49. The molecule has 1 aliphatic rings. The lowest BCUT2D eigenvalue weighted by Crippen LogP contribution is -2.45. The molecule has 1 amide bonds. The number of aryl methyl sites for hydroxylation is 1. The molecule has 0 bridgehead atoms. The first kappa shape index (κ1) is 18.0. The number of nitrogens with zero attached hydrogens (tertiary/aromatic N) is 4. The summed E-state index contributed by atoms with van der Waals surface area (Å²) in [4.78, 5) is 37.2. The number of likely N-dealkylation sites (N-methyl/N-ethyl adjacent to an activating group) is 1. The largest absolute Gasteiger partial charge is 0.338 e. The zero-order chi connectivity index (χ0) is 18.7. The van der Waals surface area contributed by atoms with E-state index >= 15 is 0 Å². The Morgan fingerprint density at radius 1 is 1.04 bits per heavy atom. The number of ketones is 1. The molecule has 1 aromatic carbocycles. The summed E-state index contributed by atoms with van der Waals surface area (Å²) in [5.74, 6) is 0.294. The zero-order valence-corrected chi connectivity index (χ0v) is 15.3. The predicted molar refractivity (Wildman–Crippen MR) is 101 cm³/mol. The highest BCUT2D eigenvalue weighted by atomic mass is 16.2. The Hall–Kier alpha value is -2.80. The Morgan fingerprint density at radius 2 is 1.69 bits per heavy atom. The Kier molecular flexibility index (Phi) is 5.27. The molecule has 7 nitrogen and oxygen atoms in total. The van der Waals surface area contributed by atoms with Crippen molar-refractivity contribution in [2.75, 3.05) is 43.4 Å². The summed E-state index contributed by atoms with van der Waals surface area (Å²) in [5.41, 5.74) is 2.32. The van der Waals surface area contributed by atoms with Crippen molar-refractivity contribution in [3.8, 4) is 0 Å². The quantitative estimate of drug-likeness (QED) is 0.847. The minimum atomic E-state index is -0.290. The molecule has 0 atom stereocenters. The third-order valence-corrected chi connectivity index (χ3v) is 4.41. The van der Waals surface area contributed by atoms with Gasteiger partial charge in [-0.25, -0.2) is 9.97 Å². The number of piperazine rings is 1. The van der Waals surface area contributed by atoms with Gasteiger partial charge in [-0.3, -0.25) is 9.59 Å². The molecule has 2 heterocycles. The molecule has 0 saturated carbocycles. The van der Waals surface area contributed by atoms with Crippen LogP contribution in [0.4, 0.5) is 11.6 Å². The second-order valence-corrected chi connectivity index (χ2v) is 6.57. The van der Waals surface area contributed by atoms with Crippen LogP contribution in [0.2, 0.25) is 0 Å². The van der Waals surface area contributed by atoms with Gasteiger partial charge in [0, 0.05) is 43.1 Å². The fourth-order valence-electron chi connectivity index (χ4n) is 2.80. The van der Waals surface area contributed by atoms with Gasteiger partial charge in [0.05, 0.1) is 0 Å². The lowest BCUT2D eigenvalue weighted by Gasteiger charge is -2.32. The molecule has 0 unspecified atom stereocenters. The number of Topliss-reactive ketones (excluding diaryl/α,β-unsaturated/α-hetero) is 1. The van der Waals surface area contributed by atoms with Crippen LogP contribution >= 0.6 is 0 Å². The summed E-state index contributed by atoms with van der Waals surface area (Å²) in [7, 11) is 2.09. The predicted octanol–water partition coefficient (Wildman–Crippen LogP) is 1.99. The van der Waals surface area contributed by atoms with Crippen molar-refractivity contribution < 1.29 is 9.59 Å². The molecule has 26 heavy (non-hydrogen) atoms. The third kappa shape index (κ3) is 4.23. The van der Waals surface area contributed by atoms with Gasteiger partial charge >= 0.3 is 0 Å². The molecular formula is C19H23N5O2. The van der Waals surface area contributed by atoms with Crippen LogP contribution in [0.25, 0.3) is 0 Å². The number of rotatable bonds is 4. The van der Waals surface area contributed by atoms with Crippen LogP contribution in [0.1, 0.15) is 33.5 Å². The van der Waals surface area contributed by atoms with Crippen LogP contribution in [-0.2, 0) is 0 Å². The van der Waals surface area contributed by atoms with Crippen LogP contribution in [-0.4, -0.2) is 59.8 Å². The van der Waals surface area contributed by atoms with Gasteiger partial charge in [-0.05, 0) is 51.2 Å². The smallest absolute Gasteiger partial charge is 0.274 e. The molecule has 1 aromatic heterocycles. The summed E-state index contributed by atoms with van der Waals surface area (Å²) in [6.45, 7) is 6.94. The molecule has 3 rings (SSSR count). The molecule has 1 fully saturated rings. The number of amides is 1. The van der Waals surface area contributed by atoms with Gasteiger partial charge in [0.15, 0.2) is 5.78 Å². The van der Waals surface area contributed by atoms with Crippen molar-refractivity contribution >= 4 is 23.3 Å². The van der Waals surface area contributed by atoms with Crippen molar-refractivity contribution in [1.82, 2.24) is 14.9 Å². The SMILES string of the molecule is CC(=O)c1ccc(NC(=O)c2cc(C)nc(N3CCN(C)CC3)n2)cc1. The summed E-state index contributed by atoms with van der Waals surface area (Å²) >= 11 is 0. The summed E-state index contributed by atoms with van der Waals surface area (Å²) in [6.07, 6.45) is 0. The van der Waals surface area contributed by atoms with Gasteiger partial charge in [0.2, 0.25) is 5.95 Å². The molecular weight excluding hydrogens is 330 g/mol. The highest BCUT2D eigenvalue weighted by molar-refractivity contribution is 6.03. The Labute approximate surface area is 153 Å². The van der Waals surface area contributed by atoms with E-state index in [-0.39, 0.29) is 11.7 Å². The van der Waals surface area contributed by atoms with Crippen LogP contribution in [0.3, 0.4) is 0 Å². The van der Waals surface area contributed by atoms with E-state index in [4.69, 9.17) is 0 Å². The van der Waals surface area contributed by atoms with E-state index in [9.17, 15) is 9.59 Å². The average molecular weight is 353 g/mol. The molecule has 1 saturated heterocycles. The van der Waals surface area contributed by atoms with Crippen LogP contribution in [0, 0.1) is 6.92 Å². The first-order valence-corrected chi connectivity index (χ1v) is 8.64. The van der Waals surface area contributed by atoms with Crippen molar-refractivity contribution in [2.24, 2.45) is 0 Å². The minimum Gasteiger partial charge on any atom is -0.338 e. The first-order chi connectivity index (χ1) is 12.4. The lowest BCUT2D eigenvalue weighted by atomic mass is 10.1. The van der Waals surface area contributed by atoms with E-state index in [0.717, 1.165) is 31.9 Å². The van der Waals surface area contributed by atoms with Crippen molar-refractivity contribution in [2.45, 2.75) is 13.8 Å². The maximum absolute atomic E-state index is 12.6. The second-order valence-electron chi connectivity index (χ2n) is 6.57. The van der Waals surface area contributed by atoms with E-state index in [1.807, 2.05) is 6.92 Å². The van der Waals surface area contributed by atoms with Gasteiger partial charge in [0.25, 0.3) is 5.91 Å². The molecule has 0 aliphatic carbocycles. The lowest BCUT2D eigenvalue weighted by molar-refractivity contribution is 0.101. The number of benzene rings is 1. The number of hydrogen-bond acceptors (Lipinski definition) is 6. The normalized spacial score (nSPS) is 15.0. The van der Waals surface area contributed by atoms with E-state index in [0.29, 0.717) is 22.9 Å². The Morgan fingerprint density at radius 3 is 2.31 bits per heavy atom. The van der Waals surface area contributed by atoms with E-state index in [1.165, 1.54) is 6.92 Å². The van der Waals surface area contributed by atoms with Crippen molar-refractivity contribution in [3.63, 3.8) is 0 Å². The molecule has 0 radical (unpaired) electrons. The van der Waals surface area contributed by atoms with Crippen molar-refractivity contribution in [3.05, 3.63) is 47.3 Å². The van der Waals surface area contributed by atoms with E-state index < -0.39 is 0 Å². The van der Waals surface area contributed by atoms with Gasteiger partial charge in [0.1, 0.15) is 5.69 Å². The molecule has 7 heteroatoms. The second kappa shape index (κ2) is 7.61. The molecule has 1 aliphatic heterocycles. The molecule has 1 N–H and O–H groups in total. The van der Waals surface area contributed by atoms with Gasteiger partial charge in [-0.2, -0.15) is 0 Å². The minimum absolute atomic E-state index is 0.00822. The summed E-state index contributed by atoms with van der Waals surface area (Å²) in [5, 5.41) is 2.82. The van der Waals surface area contributed by atoms with Crippen LogP contribution in [0.15, 0.2) is 30.3 Å². The van der Waals surface area contributed by atoms with E-state index in [2.05, 4.69) is 32.1 Å². The average Bonchev–Trinajstić information content (AvgIpc) is 2.62. The van der Waals surface area contributed by atoms with Crippen molar-refractivity contribution in [1.29, 1.82) is 0 Å². The van der Waals surface area contributed by atoms with Gasteiger partial charge in [-0.1, -0.05) is 0 Å². The van der Waals surface area contributed by atoms with Crippen LogP contribution in [0.5, 0.6) is 0 Å².